The van der Waals surface area contributed by atoms with Gasteiger partial charge in [-0.25, -0.2) is 4.98 Å². The van der Waals surface area contributed by atoms with E-state index in [9.17, 15) is 0 Å². The van der Waals surface area contributed by atoms with Gasteiger partial charge in [0.15, 0.2) is 0 Å². The summed E-state index contributed by atoms with van der Waals surface area (Å²) in [7, 11) is 0. The Bertz CT molecular complexity index is 522. The summed E-state index contributed by atoms with van der Waals surface area (Å²) in [5.74, 6) is 0. The summed E-state index contributed by atoms with van der Waals surface area (Å²) < 4.78 is 4.24. The molecular formula is C15H15N3. The Morgan fingerprint density at radius 1 is 0.778 bits per heavy atom. The first-order valence-corrected chi connectivity index (χ1v) is 6.04. The second-order valence-electron chi connectivity index (χ2n) is 4.41. The number of rotatable bonds is 4. The average molecular weight is 237 g/mol. The van der Waals surface area contributed by atoms with Crippen LogP contribution in [0.3, 0.4) is 0 Å². The monoisotopic (exact) mass is 237 g/mol. The standard InChI is InChI=1S/C15H15N3/c1-2-9-17(8-1)11-14-3-5-15(6-4-14)12-18-10-7-16-13-18/h1-10,13H,11-12H2. The van der Waals surface area contributed by atoms with Gasteiger partial charge >= 0.3 is 0 Å². The molecule has 0 atom stereocenters. The third-order valence-corrected chi connectivity index (χ3v) is 2.98. The van der Waals surface area contributed by atoms with Crippen LogP contribution in [0.15, 0.2) is 67.5 Å². The van der Waals surface area contributed by atoms with Crippen molar-refractivity contribution in [3.05, 3.63) is 78.6 Å². The summed E-state index contributed by atoms with van der Waals surface area (Å²) in [6, 6.07) is 12.8. The van der Waals surface area contributed by atoms with Gasteiger partial charge in [0.05, 0.1) is 6.33 Å². The zero-order valence-electron chi connectivity index (χ0n) is 10.1. The fourth-order valence-electron chi connectivity index (χ4n) is 2.03. The Hall–Kier alpha value is -2.29. The summed E-state index contributed by atoms with van der Waals surface area (Å²) in [5.41, 5.74) is 2.62. The average Bonchev–Trinajstić information content (AvgIpc) is 3.05. The summed E-state index contributed by atoms with van der Waals surface area (Å²) >= 11 is 0. The molecule has 3 nitrogen and oxygen atoms in total. The number of benzene rings is 1. The molecule has 0 radical (unpaired) electrons. The van der Waals surface area contributed by atoms with Crippen LogP contribution in [0.1, 0.15) is 11.1 Å². The van der Waals surface area contributed by atoms with Crippen LogP contribution in [0.25, 0.3) is 0 Å². The molecule has 0 aliphatic heterocycles. The number of imidazole rings is 1. The lowest BCUT2D eigenvalue weighted by Crippen LogP contribution is -1.98. The highest BCUT2D eigenvalue weighted by Crippen LogP contribution is 2.08. The zero-order valence-corrected chi connectivity index (χ0v) is 10.1. The lowest BCUT2D eigenvalue weighted by atomic mass is 10.1. The van der Waals surface area contributed by atoms with E-state index in [1.165, 1.54) is 11.1 Å². The van der Waals surface area contributed by atoms with Crippen molar-refractivity contribution in [1.29, 1.82) is 0 Å². The summed E-state index contributed by atoms with van der Waals surface area (Å²) in [5, 5.41) is 0. The zero-order chi connectivity index (χ0) is 12.2. The predicted molar refractivity (Wildman–Crippen MR) is 71.3 cm³/mol. The Balaban J connectivity index is 1.69. The van der Waals surface area contributed by atoms with Crippen molar-refractivity contribution in [2.24, 2.45) is 0 Å². The number of hydrogen-bond acceptors (Lipinski definition) is 1. The summed E-state index contributed by atoms with van der Waals surface area (Å²) in [6.45, 7) is 1.81. The molecule has 0 bridgehead atoms. The maximum Gasteiger partial charge on any atom is 0.0949 e. The molecule has 0 saturated heterocycles. The van der Waals surface area contributed by atoms with Crippen molar-refractivity contribution in [1.82, 2.24) is 14.1 Å². The van der Waals surface area contributed by atoms with Crippen molar-refractivity contribution in [3.8, 4) is 0 Å². The molecule has 3 aromatic rings. The minimum Gasteiger partial charge on any atom is -0.350 e. The minimum atomic E-state index is 0.879. The van der Waals surface area contributed by atoms with Crippen molar-refractivity contribution in [3.63, 3.8) is 0 Å². The van der Waals surface area contributed by atoms with Gasteiger partial charge in [0, 0.05) is 37.9 Å². The Morgan fingerprint density at radius 3 is 1.94 bits per heavy atom. The molecule has 3 heteroatoms. The van der Waals surface area contributed by atoms with Gasteiger partial charge in [-0.2, -0.15) is 0 Å². The van der Waals surface area contributed by atoms with Crippen LogP contribution in [0, 0.1) is 0 Å². The van der Waals surface area contributed by atoms with Gasteiger partial charge in [-0.05, 0) is 23.3 Å². The first kappa shape index (κ1) is 10.8. The van der Waals surface area contributed by atoms with Crippen molar-refractivity contribution >= 4 is 0 Å². The van der Waals surface area contributed by atoms with E-state index in [4.69, 9.17) is 0 Å². The molecular weight excluding hydrogens is 222 g/mol. The summed E-state index contributed by atoms with van der Waals surface area (Å²) in [4.78, 5) is 4.05. The van der Waals surface area contributed by atoms with Gasteiger partial charge in [0.1, 0.15) is 0 Å². The highest BCUT2D eigenvalue weighted by molar-refractivity contribution is 5.23. The lowest BCUT2D eigenvalue weighted by Gasteiger charge is -2.06. The van der Waals surface area contributed by atoms with Gasteiger partial charge in [0.25, 0.3) is 0 Å². The molecule has 0 saturated carbocycles. The maximum absolute atomic E-state index is 4.05. The normalized spacial score (nSPS) is 10.7. The Labute approximate surface area is 106 Å². The topological polar surface area (TPSA) is 22.8 Å². The van der Waals surface area contributed by atoms with Crippen LogP contribution in [-0.2, 0) is 13.1 Å². The first-order valence-electron chi connectivity index (χ1n) is 6.04. The summed E-state index contributed by atoms with van der Waals surface area (Å²) in [6.07, 6.45) is 9.79. The van der Waals surface area contributed by atoms with Crippen LogP contribution < -0.4 is 0 Å². The van der Waals surface area contributed by atoms with E-state index >= 15 is 0 Å². The number of hydrogen-bond donors (Lipinski definition) is 0. The molecule has 90 valence electrons. The predicted octanol–water partition coefficient (Wildman–Crippen LogP) is 2.78. The van der Waals surface area contributed by atoms with Crippen LogP contribution >= 0.6 is 0 Å². The smallest absolute Gasteiger partial charge is 0.0949 e. The van der Waals surface area contributed by atoms with E-state index in [-0.39, 0.29) is 0 Å². The highest BCUT2D eigenvalue weighted by atomic mass is 15.0. The van der Waals surface area contributed by atoms with Crippen molar-refractivity contribution in [2.45, 2.75) is 13.1 Å². The molecule has 0 spiro atoms. The van der Waals surface area contributed by atoms with E-state index in [1.807, 2.05) is 24.7 Å². The molecule has 18 heavy (non-hydrogen) atoms. The van der Waals surface area contributed by atoms with Gasteiger partial charge in [0.2, 0.25) is 0 Å². The van der Waals surface area contributed by atoms with E-state index in [1.54, 1.807) is 6.20 Å². The lowest BCUT2D eigenvalue weighted by molar-refractivity contribution is 0.788. The Morgan fingerprint density at radius 2 is 1.39 bits per heavy atom. The molecule has 3 rings (SSSR count). The van der Waals surface area contributed by atoms with Gasteiger partial charge in [-0.1, -0.05) is 24.3 Å². The molecule has 0 fully saturated rings. The van der Waals surface area contributed by atoms with Crippen LogP contribution in [-0.4, -0.2) is 14.1 Å². The largest absolute Gasteiger partial charge is 0.350 e. The highest BCUT2D eigenvalue weighted by Gasteiger charge is 1.97. The molecule has 1 aromatic carbocycles. The SMILES string of the molecule is c1ccn(Cc2ccc(Cn3ccnc3)cc2)c1. The number of nitrogens with zero attached hydrogens (tertiary/aromatic N) is 3. The van der Waals surface area contributed by atoms with Crippen LogP contribution in [0.2, 0.25) is 0 Å². The molecule has 0 aliphatic carbocycles. The van der Waals surface area contributed by atoms with Crippen molar-refractivity contribution < 1.29 is 0 Å². The molecule has 0 unspecified atom stereocenters. The van der Waals surface area contributed by atoms with Gasteiger partial charge in [-0.15, -0.1) is 0 Å². The molecule has 2 aromatic heterocycles. The first-order chi connectivity index (χ1) is 8.90. The number of aromatic nitrogens is 3. The second kappa shape index (κ2) is 4.92. The molecule has 0 amide bonds. The van der Waals surface area contributed by atoms with Crippen molar-refractivity contribution in [2.75, 3.05) is 0 Å². The van der Waals surface area contributed by atoms with E-state index in [0.29, 0.717) is 0 Å². The van der Waals surface area contributed by atoms with Crippen LogP contribution in [0.4, 0.5) is 0 Å². The third kappa shape index (κ3) is 2.51. The van der Waals surface area contributed by atoms with E-state index < -0.39 is 0 Å². The fraction of sp³-hybridized carbons (Fsp3) is 0.133. The van der Waals surface area contributed by atoms with Gasteiger partial charge < -0.3 is 9.13 Å². The third-order valence-electron chi connectivity index (χ3n) is 2.98. The Kier molecular flexibility index (Phi) is 2.96. The van der Waals surface area contributed by atoms with E-state index in [2.05, 4.69) is 50.8 Å². The van der Waals surface area contributed by atoms with Gasteiger partial charge in [-0.3, -0.25) is 0 Å². The fourth-order valence-corrected chi connectivity index (χ4v) is 2.03. The second-order valence-corrected chi connectivity index (χ2v) is 4.41. The molecule has 0 N–H and O–H groups in total. The van der Waals surface area contributed by atoms with E-state index in [0.717, 1.165) is 13.1 Å². The molecule has 2 heterocycles. The van der Waals surface area contributed by atoms with Crippen LogP contribution in [0.5, 0.6) is 0 Å². The maximum atomic E-state index is 4.05. The molecule has 0 aliphatic rings. The quantitative estimate of drug-likeness (QED) is 0.684. The minimum absolute atomic E-state index is 0.879.